The molecule has 31 heavy (non-hydrogen) atoms. The molecule has 0 fully saturated rings. The summed E-state index contributed by atoms with van der Waals surface area (Å²) < 4.78 is 2.18. The van der Waals surface area contributed by atoms with Crippen molar-refractivity contribution >= 4 is 17.0 Å². The maximum Gasteiger partial charge on any atom is 0.354 e. The van der Waals surface area contributed by atoms with Gasteiger partial charge in [0.1, 0.15) is 5.69 Å². The van der Waals surface area contributed by atoms with Crippen LogP contribution in [-0.4, -0.2) is 25.6 Å². The average molecular weight is 499 g/mol. The van der Waals surface area contributed by atoms with Crippen LogP contribution in [-0.2, 0) is 20.4 Å². The van der Waals surface area contributed by atoms with Gasteiger partial charge in [0.2, 0.25) is 0 Å². The van der Waals surface area contributed by atoms with Crippen LogP contribution in [0.3, 0.4) is 0 Å². The normalized spacial score (nSPS) is 9.94. The summed E-state index contributed by atoms with van der Waals surface area (Å²) in [4.78, 5) is 18.5. The van der Waals surface area contributed by atoms with Crippen molar-refractivity contribution in [3.8, 4) is 17.1 Å². The van der Waals surface area contributed by atoms with Crippen LogP contribution in [0.15, 0.2) is 103 Å². The zero-order valence-electron chi connectivity index (χ0n) is 16.3. The van der Waals surface area contributed by atoms with Crippen molar-refractivity contribution < 1.29 is 30.3 Å². The summed E-state index contributed by atoms with van der Waals surface area (Å²) in [5, 5.41) is 8.32. The standard InChI is InChI=1S/C19H13N2.C6H5NO2.Pd/c1-3-9-15(10-4-1)19-20-17-13-7-8-14-18(17)21(19)16-11-5-2-6-12-16;8-6(9)5-3-1-2-4-7-5;/h1-9,11-14H;1-4H,(H,8,9);/q-1;;. The number of aromatic carboxylic acids is 1. The van der Waals surface area contributed by atoms with E-state index in [9.17, 15) is 4.79 Å². The summed E-state index contributed by atoms with van der Waals surface area (Å²) in [6.07, 6.45) is 1.45. The fourth-order valence-electron chi connectivity index (χ4n) is 3.07. The van der Waals surface area contributed by atoms with Gasteiger partial charge >= 0.3 is 5.97 Å². The summed E-state index contributed by atoms with van der Waals surface area (Å²) in [7, 11) is 0. The van der Waals surface area contributed by atoms with Gasteiger partial charge in [-0.1, -0.05) is 36.4 Å². The number of pyridine rings is 1. The van der Waals surface area contributed by atoms with Crippen LogP contribution in [0.2, 0.25) is 0 Å². The molecule has 156 valence electrons. The Bertz CT molecular complexity index is 1260. The number of carbonyl (C=O) groups is 1. The molecule has 2 aromatic heterocycles. The van der Waals surface area contributed by atoms with Gasteiger partial charge in [-0.2, -0.15) is 0 Å². The van der Waals surface area contributed by atoms with E-state index in [0.717, 1.165) is 28.1 Å². The Hall–Kier alpha value is -3.59. The van der Waals surface area contributed by atoms with Crippen LogP contribution in [0, 0.1) is 6.07 Å². The first-order valence-corrected chi connectivity index (χ1v) is 9.38. The van der Waals surface area contributed by atoms with E-state index in [1.165, 1.54) is 12.3 Å². The van der Waals surface area contributed by atoms with E-state index >= 15 is 0 Å². The number of aromatic nitrogens is 3. The maximum absolute atomic E-state index is 10.1. The molecule has 0 saturated heterocycles. The second-order valence-corrected chi connectivity index (χ2v) is 6.39. The molecule has 0 atom stereocenters. The maximum atomic E-state index is 10.1. The van der Waals surface area contributed by atoms with E-state index in [0.29, 0.717) is 0 Å². The fraction of sp³-hybridized carbons (Fsp3) is 0. The first-order valence-electron chi connectivity index (χ1n) is 9.38. The van der Waals surface area contributed by atoms with E-state index in [2.05, 4.69) is 33.8 Å². The molecular weight excluding hydrogens is 481 g/mol. The van der Waals surface area contributed by atoms with Crippen LogP contribution < -0.4 is 0 Å². The number of hydrogen-bond donors (Lipinski definition) is 1. The van der Waals surface area contributed by atoms with Crippen molar-refractivity contribution in [2.75, 3.05) is 0 Å². The number of hydrogen-bond acceptors (Lipinski definition) is 3. The van der Waals surface area contributed by atoms with Gasteiger partial charge in [0.05, 0.1) is 16.9 Å². The van der Waals surface area contributed by atoms with Gasteiger partial charge in [-0.25, -0.2) is 9.78 Å². The summed E-state index contributed by atoms with van der Waals surface area (Å²) >= 11 is 0. The van der Waals surface area contributed by atoms with Crippen LogP contribution >= 0.6 is 0 Å². The second-order valence-electron chi connectivity index (χ2n) is 6.39. The largest absolute Gasteiger partial charge is 0.477 e. The Labute approximate surface area is 193 Å². The van der Waals surface area contributed by atoms with Gasteiger partial charge < -0.3 is 9.67 Å². The Morgan fingerprint density at radius 2 is 1.55 bits per heavy atom. The van der Waals surface area contributed by atoms with Crippen molar-refractivity contribution in [1.29, 1.82) is 0 Å². The number of nitrogens with zero attached hydrogens (tertiary/aromatic N) is 3. The van der Waals surface area contributed by atoms with E-state index < -0.39 is 5.97 Å². The van der Waals surface area contributed by atoms with Gasteiger partial charge in [0.15, 0.2) is 0 Å². The monoisotopic (exact) mass is 498 g/mol. The van der Waals surface area contributed by atoms with Crippen LogP contribution in [0.1, 0.15) is 10.5 Å². The molecule has 0 aliphatic heterocycles. The predicted octanol–water partition coefficient (Wildman–Crippen LogP) is 5.27. The van der Waals surface area contributed by atoms with Gasteiger partial charge in [-0.15, -0.1) is 35.9 Å². The van der Waals surface area contributed by atoms with Gasteiger partial charge in [-0.3, -0.25) is 4.98 Å². The van der Waals surface area contributed by atoms with Crippen LogP contribution in [0.4, 0.5) is 0 Å². The van der Waals surface area contributed by atoms with Gasteiger partial charge in [-0.05, 0) is 36.4 Å². The fourth-order valence-corrected chi connectivity index (χ4v) is 3.07. The molecule has 0 amide bonds. The summed E-state index contributed by atoms with van der Waals surface area (Å²) in [5.41, 5.74) is 4.29. The number of para-hydroxylation sites is 3. The molecule has 5 rings (SSSR count). The smallest absolute Gasteiger partial charge is 0.354 e. The SMILES string of the molecule is O=C(O)c1ccccn1.[Pd].[c-]1ccccc1-c1nc2ccccc2n1-c1ccccc1. The Morgan fingerprint density at radius 3 is 2.19 bits per heavy atom. The van der Waals surface area contributed by atoms with Crippen molar-refractivity contribution in [2.45, 2.75) is 0 Å². The van der Waals surface area contributed by atoms with Gasteiger partial charge in [0, 0.05) is 32.3 Å². The minimum Gasteiger partial charge on any atom is -0.477 e. The predicted molar refractivity (Wildman–Crippen MR) is 117 cm³/mol. The second kappa shape index (κ2) is 10.4. The summed E-state index contributed by atoms with van der Waals surface area (Å²) in [6.45, 7) is 0. The molecule has 5 nitrogen and oxygen atoms in total. The van der Waals surface area contributed by atoms with E-state index in [4.69, 9.17) is 10.1 Å². The topological polar surface area (TPSA) is 68.0 Å². The number of rotatable bonds is 3. The molecule has 0 radical (unpaired) electrons. The summed E-state index contributed by atoms with van der Waals surface area (Å²) in [6, 6.07) is 34.5. The van der Waals surface area contributed by atoms with Crippen LogP contribution in [0.25, 0.3) is 28.1 Å². The third kappa shape index (κ3) is 5.13. The zero-order valence-corrected chi connectivity index (χ0v) is 17.9. The molecule has 6 heteroatoms. The Morgan fingerprint density at radius 1 is 0.839 bits per heavy atom. The molecule has 0 saturated carbocycles. The first kappa shape index (κ1) is 22.1. The molecule has 3 aromatic carbocycles. The molecule has 0 unspecified atom stereocenters. The molecular formula is C25H18N3O2Pd-. The molecule has 0 aliphatic rings. The van der Waals surface area contributed by atoms with Crippen molar-refractivity contribution in [2.24, 2.45) is 0 Å². The third-order valence-electron chi connectivity index (χ3n) is 4.41. The number of carboxylic acid groups (broad SMARTS) is 1. The molecule has 0 spiro atoms. The Balaban J connectivity index is 0.000000232. The summed E-state index contributed by atoms with van der Waals surface area (Å²) in [5.74, 6) is -0.0707. The van der Waals surface area contributed by atoms with Crippen molar-refractivity contribution in [3.05, 3.63) is 115 Å². The number of fused-ring (bicyclic) bond motifs is 1. The van der Waals surface area contributed by atoms with E-state index in [1.54, 1.807) is 12.1 Å². The van der Waals surface area contributed by atoms with Crippen LogP contribution in [0.5, 0.6) is 0 Å². The molecule has 5 aromatic rings. The van der Waals surface area contributed by atoms with E-state index in [-0.39, 0.29) is 26.1 Å². The minimum atomic E-state index is -0.990. The molecule has 0 aliphatic carbocycles. The first-order chi connectivity index (χ1) is 14.7. The zero-order chi connectivity index (χ0) is 20.8. The van der Waals surface area contributed by atoms with Gasteiger partial charge in [0.25, 0.3) is 0 Å². The minimum absolute atomic E-state index is 0. The average Bonchev–Trinajstić information content (AvgIpc) is 3.21. The number of imidazole rings is 1. The molecule has 2 heterocycles. The molecule has 1 N–H and O–H groups in total. The third-order valence-corrected chi connectivity index (χ3v) is 4.41. The molecule has 0 bridgehead atoms. The van der Waals surface area contributed by atoms with E-state index in [1.807, 2.05) is 60.7 Å². The van der Waals surface area contributed by atoms with Crippen molar-refractivity contribution in [3.63, 3.8) is 0 Å². The number of benzene rings is 3. The Kier molecular flexibility index (Phi) is 7.45. The quantitative estimate of drug-likeness (QED) is 0.272. The van der Waals surface area contributed by atoms with Crippen molar-refractivity contribution in [1.82, 2.24) is 14.5 Å². The number of carboxylic acids is 1.